The van der Waals surface area contributed by atoms with Crippen LogP contribution in [0, 0.1) is 19.7 Å². The van der Waals surface area contributed by atoms with Gasteiger partial charge in [0.2, 0.25) is 5.95 Å². The number of benzene rings is 1. The third-order valence-electron chi connectivity index (χ3n) is 10.2. The van der Waals surface area contributed by atoms with E-state index in [9.17, 15) is 18.3 Å². The maximum atomic E-state index is 15.8. The Hall–Kier alpha value is -3.70. The van der Waals surface area contributed by atoms with Gasteiger partial charge in [0.05, 0.1) is 17.9 Å². The second kappa shape index (κ2) is 13.9. The molecule has 1 aromatic carbocycles. The molecule has 3 aliphatic rings. The van der Waals surface area contributed by atoms with E-state index in [0.717, 1.165) is 36.8 Å². The first kappa shape index (κ1) is 36.6. The molecule has 2 fully saturated rings. The molecular weight excluding hydrogens is 710 g/mol. The van der Waals surface area contributed by atoms with Crippen molar-refractivity contribution < 1.29 is 32.2 Å². The Labute approximate surface area is 307 Å². The van der Waals surface area contributed by atoms with Crippen molar-refractivity contribution in [3.63, 3.8) is 0 Å². The number of piperidine rings is 1. The molecule has 0 unspecified atom stereocenters. The SMILES string of the molecule is Cc1nc2c(cc(-c3nc(N4CCN(S(=O)(=O)N5CCCCC5)CC4)ns3)n2C)c(-c2cc(F)c3c(c2C)CCCO3)c1[C@H](OC(C)(C)C)C(=O)O. The summed E-state index contributed by atoms with van der Waals surface area (Å²) >= 11 is 1.22. The maximum Gasteiger partial charge on any atom is 0.337 e. The number of aromatic nitrogens is 4. The number of rotatable bonds is 8. The Morgan fingerprint density at radius 1 is 1.02 bits per heavy atom. The number of nitrogens with zero attached hydrogens (tertiary/aromatic N) is 7. The highest BCUT2D eigenvalue weighted by atomic mass is 32.2. The summed E-state index contributed by atoms with van der Waals surface area (Å²) in [5, 5.41) is 11.8. The summed E-state index contributed by atoms with van der Waals surface area (Å²) in [5.74, 6) is -0.908. The number of ether oxygens (including phenoxy) is 2. The highest BCUT2D eigenvalue weighted by molar-refractivity contribution is 7.86. The van der Waals surface area contributed by atoms with Crippen LogP contribution in [0.3, 0.4) is 0 Å². The van der Waals surface area contributed by atoms with Gasteiger partial charge in [-0.1, -0.05) is 6.42 Å². The molecule has 0 bridgehead atoms. The average molecular weight is 756 g/mol. The van der Waals surface area contributed by atoms with Gasteiger partial charge in [-0.2, -0.15) is 26.4 Å². The highest BCUT2D eigenvalue weighted by Crippen LogP contribution is 2.46. The molecule has 52 heavy (non-hydrogen) atoms. The molecule has 0 saturated carbocycles. The van der Waals surface area contributed by atoms with Gasteiger partial charge in [0.15, 0.2) is 22.7 Å². The molecule has 3 aromatic heterocycles. The monoisotopic (exact) mass is 755 g/mol. The molecule has 16 heteroatoms. The van der Waals surface area contributed by atoms with Crippen molar-refractivity contribution in [2.45, 2.75) is 78.4 Å². The molecule has 0 radical (unpaired) electrons. The number of anilines is 1. The van der Waals surface area contributed by atoms with E-state index in [4.69, 9.17) is 19.4 Å². The minimum absolute atomic E-state index is 0.247. The molecule has 1 N–H and O–H groups in total. The molecule has 0 amide bonds. The number of pyridine rings is 1. The van der Waals surface area contributed by atoms with Crippen LogP contribution >= 0.6 is 11.5 Å². The summed E-state index contributed by atoms with van der Waals surface area (Å²) in [6.07, 6.45) is 2.85. The lowest BCUT2D eigenvalue weighted by Crippen LogP contribution is -2.54. The molecule has 3 aliphatic heterocycles. The molecule has 4 aromatic rings. The van der Waals surface area contributed by atoms with E-state index in [2.05, 4.69) is 4.37 Å². The molecular formula is C36H46FN7O6S2. The van der Waals surface area contributed by atoms with E-state index < -0.39 is 33.7 Å². The van der Waals surface area contributed by atoms with Crippen LogP contribution in [0.4, 0.5) is 10.3 Å². The Morgan fingerprint density at radius 3 is 2.38 bits per heavy atom. The van der Waals surface area contributed by atoms with Gasteiger partial charge in [0.25, 0.3) is 10.2 Å². The minimum Gasteiger partial charge on any atom is -0.490 e. The number of carboxylic acids is 1. The first-order valence-electron chi connectivity index (χ1n) is 17.9. The zero-order valence-corrected chi connectivity index (χ0v) is 32.2. The fourth-order valence-electron chi connectivity index (χ4n) is 7.60. The lowest BCUT2D eigenvalue weighted by molar-refractivity contribution is -0.160. The van der Waals surface area contributed by atoms with Crippen molar-refractivity contribution in [2.24, 2.45) is 7.05 Å². The van der Waals surface area contributed by atoms with Gasteiger partial charge in [-0.05, 0) is 95.1 Å². The van der Waals surface area contributed by atoms with Crippen LogP contribution in [-0.4, -0.2) is 98.5 Å². The number of fused-ring (bicyclic) bond motifs is 2. The van der Waals surface area contributed by atoms with Gasteiger partial charge < -0.3 is 24.0 Å². The molecule has 6 heterocycles. The lowest BCUT2D eigenvalue weighted by atomic mass is 9.86. The number of hydrogen-bond acceptors (Lipinski definition) is 10. The Bertz CT molecular complexity index is 2130. The van der Waals surface area contributed by atoms with Gasteiger partial charge in [0, 0.05) is 74.1 Å². The highest BCUT2D eigenvalue weighted by Gasteiger charge is 2.36. The standard InChI is InChI=1S/C36H46FN7O6S2/c1-21-23-11-10-18-49-30(23)26(37)19-24(21)29-25-20-27(41(6)32(25)38-22(2)28(29)31(34(45)46)50-36(3,4)5)33-39-35(40-51-33)42-14-16-44(17-15-42)52(47,48)43-12-8-7-9-13-43/h19-20,31H,7-18H2,1-6H3,(H,45,46)/t31-/m0/s1. The van der Waals surface area contributed by atoms with E-state index >= 15 is 4.39 Å². The number of hydrogen-bond donors (Lipinski definition) is 1. The first-order valence-corrected chi connectivity index (χ1v) is 20.0. The molecule has 0 spiro atoms. The summed E-state index contributed by atoms with van der Waals surface area (Å²) < 4.78 is 64.0. The van der Waals surface area contributed by atoms with Gasteiger partial charge >= 0.3 is 5.97 Å². The van der Waals surface area contributed by atoms with Crippen LogP contribution in [0.1, 0.15) is 74.9 Å². The Kier molecular flexibility index (Phi) is 9.82. The van der Waals surface area contributed by atoms with Gasteiger partial charge in [-0.3, -0.25) is 0 Å². The van der Waals surface area contributed by atoms with Gasteiger partial charge in [-0.25, -0.2) is 14.2 Å². The van der Waals surface area contributed by atoms with E-state index in [0.29, 0.717) is 102 Å². The van der Waals surface area contributed by atoms with E-state index in [1.807, 2.05) is 29.5 Å². The maximum absolute atomic E-state index is 15.8. The number of aliphatic carboxylic acids is 1. The lowest BCUT2D eigenvalue weighted by Gasteiger charge is -2.37. The van der Waals surface area contributed by atoms with Crippen molar-refractivity contribution in [3.8, 4) is 27.6 Å². The molecule has 7 rings (SSSR count). The van der Waals surface area contributed by atoms with Crippen LogP contribution in [0.15, 0.2) is 12.1 Å². The third-order valence-corrected chi connectivity index (χ3v) is 13.0. The molecule has 13 nitrogen and oxygen atoms in total. The summed E-state index contributed by atoms with van der Waals surface area (Å²) in [5.41, 5.74) is 3.98. The Morgan fingerprint density at radius 2 is 1.71 bits per heavy atom. The van der Waals surface area contributed by atoms with E-state index in [1.165, 1.54) is 17.6 Å². The second-order valence-corrected chi connectivity index (χ2v) is 17.5. The fourth-order valence-corrected chi connectivity index (χ4v) is 10.0. The van der Waals surface area contributed by atoms with E-state index in [-0.39, 0.29) is 5.75 Å². The largest absolute Gasteiger partial charge is 0.490 e. The van der Waals surface area contributed by atoms with Crippen molar-refractivity contribution >= 4 is 44.7 Å². The number of aryl methyl sites for hydroxylation is 2. The zero-order valence-electron chi connectivity index (χ0n) is 30.5. The third kappa shape index (κ3) is 6.68. The molecule has 1 atom stereocenters. The molecule has 0 aliphatic carbocycles. The fraction of sp³-hybridized carbons (Fsp3) is 0.556. The Balaban J connectivity index is 1.29. The number of halogens is 1. The van der Waals surface area contributed by atoms with Crippen molar-refractivity contribution in [1.29, 1.82) is 0 Å². The normalized spacial score (nSPS) is 18.4. The number of piperazine rings is 1. The topological polar surface area (TPSA) is 143 Å². The van der Waals surface area contributed by atoms with Crippen LogP contribution in [0.25, 0.3) is 32.9 Å². The molecule has 280 valence electrons. The number of carboxylic acid groups (broad SMARTS) is 1. The quantitative estimate of drug-likeness (QED) is 0.240. The summed E-state index contributed by atoms with van der Waals surface area (Å²) in [4.78, 5) is 24.7. The minimum atomic E-state index is -3.50. The van der Waals surface area contributed by atoms with Gasteiger partial charge in [0.1, 0.15) is 5.65 Å². The van der Waals surface area contributed by atoms with Crippen molar-refractivity contribution in [3.05, 3.63) is 40.3 Å². The average Bonchev–Trinajstić information content (AvgIpc) is 3.73. The zero-order chi connectivity index (χ0) is 37.1. The molecule has 2 saturated heterocycles. The second-order valence-electron chi connectivity index (χ2n) is 14.8. The summed E-state index contributed by atoms with van der Waals surface area (Å²) in [6, 6.07) is 3.35. The van der Waals surface area contributed by atoms with Crippen LogP contribution in [0.5, 0.6) is 5.75 Å². The van der Waals surface area contributed by atoms with Crippen molar-refractivity contribution in [1.82, 2.24) is 27.5 Å². The number of carbonyl (C=O) groups is 1. The van der Waals surface area contributed by atoms with E-state index in [1.54, 1.807) is 36.3 Å². The van der Waals surface area contributed by atoms with Crippen molar-refractivity contribution in [2.75, 3.05) is 50.8 Å². The predicted molar refractivity (Wildman–Crippen MR) is 198 cm³/mol. The summed E-state index contributed by atoms with van der Waals surface area (Å²) in [6.45, 7) is 12.3. The smallest absolute Gasteiger partial charge is 0.337 e. The first-order chi connectivity index (χ1) is 24.7. The van der Waals surface area contributed by atoms with Crippen LogP contribution < -0.4 is 9.64 Å². The van der Waals surface area contributed by atoms with Crippen LogP contribution in [-0.2, 0) is 33.2 Å². The predicted octanol–water partition coefficient (Wildman–Crippen LogP) is 5.63. The summed E-state index contributed by atoms with van der Waals surface area (Å²) in [7, 11) is -1.63. The van der Waals surface area contributed by atoms with Gasteiger partial charge in [-0.15, -0.1) is 0 Å². The van der Waals surface area contributed by atoms with Crippen LogP contribution in [0.2, 0.25) is 0 Å².